The summed E-state index contributed by atoms with van der Waals surface area (Å²) in [5.74, 6) is 0.371. The van der Waals surface area contributed by atoms with E-state index in [4.69, 9.17) is 39.5 Å². The summed E-state index contributed by atoms with van der Waals surface area (Å²) in [7, 11) is 0. The van der Waals surface area contributed by atoms with Crippen LogP contribution in [-0.2, 0) is 9.59 Å². The van der Waals surface area contributed by atoms with Gasteiger partial charge in [-0.2, -0.15) is 0 Å². The Kier molecular flexibility index (Phi) is 7.04. The molecular formula is C22H22Cl3N3O3. The number of ether oxygens (including phenoxy) is 1. The number of amides is 2. The molecule has 164 valence electrons. The monoisotopic (exact) mass is 481 g/mol. The molecule has 2 aliphatic heterocycles. The molecular weight excluding hydrogens is 461 g/mol. The summed E-state index contributed by atoms with van der Waals surface area (Å²) in [6, 6.07) is 11.7. The number of hydrogen-bond donors (Lipinski definition) is 0. The van der Waals surface area contributed by atoms with Crippen molar-refractivity contribution in [2.75, 3.05) is 44.2 Å². The lowest BCUT2D eigenvalue weighted by atomic mass is 10.1. The van der Waals surface area contributed by atoms with Crippen molar-refractivity contribution in [2.45, 2.75) is 12.5 Å². The van der Waals surface area contributed by atoms with E-state index in [0.29, 0.717) is 27.4 Å². The van der Waals surface area contributed by atoms with Crippen molar-refractivity contribution in [1.82, 2.24) is 9.80 Å². The molecule has 4 rings (SSSR count). The summed E-state index contributed by atoms with van der Waals surface area (Å²) in [5.41, 5.74) is 0.463. The zero-order valence-corrected chi connectivity index (χ0v) is 19.0. The number of imide groups is 1. The molecule has 1 unspecified atom stereocenters. The molecule has 0 N–H and O–H groups in total. The molecule has 0 radical (unpaired) electrons. The van der Waals surface area contributed by atoms with E-state index in [1.807, 2.05) is 12.1 Å². The summed E-state index contributed by atoms with van der Waals surface area (Å²) < 4.78 is 5.76. The van der Waals surface area contributed by atoms with Gasteiger partial charge in [0.05, 0.1) is 28.2 Å². The number of carbonyl (C=O) groups excluding carboxylic acids is 2. The maximum atomic E-state index is 13.0. The summed E-state index contributed by atoms with van der Waals surface area (Å²) in [4.78, 5) is 31.2. The Morgan fingerprint density at radius 3 is 2.29 bits per heavy atom. The summed E-state index contributed by atoms with van der Waals surface area (Å²) >= 11 is 17.9. The van der Waals surface area contributed by atoms with Gasteiger partial charge in [0.1, 0.15) is 12.4 Å². The van der Waals surface area contributed by atoms with Crippen LogP contribution >= 0.6 is 34.8 Å². The highest BCUT2D eigenvalue weighted by molar-refractivity contribution is 6.42. The number of nitrogens with zero attached hydrogens (tertiary/aromatic N) is 3. The Morgan fingerprint density at radius 1 is 0.903 bits per heavy atom. The molecule has 1 atom stereocenters. The SMILES string of the molecule is O=C1CC(N2CCN(CCOc3ccc(Cl)cc3)CC2)C(=O)N1c1ccc(Cl)c(Cl)c1. The van der Waals surface area contributed by atoms with Gasteiger partial charge in [0.25, 0.3) is 5.91 Å². The first kappa shape index (κ1) is 22.4. The second-order valence-corrected chi connectivity index (χ2v) is 8.82. The van der Waals surface area contributed by atoms with Gasteiger partial charge in [-0.25, -0.2) is 4.90 Å². The summed E-state index contributed by atoms with van der Waals surface area (Å²) in [5, 5.41) is 1.39. The van der Waals surface area contributed by atoms with E-state index in [1.165, 1.54) is 4.90 Å². The van der Waals surface area contributed by atoms with Gasteiger partial charge in [-0.05, 0) is 42.5 Å². The Balaban J connectivity index is 1.28. The molecule has 2 heterocycles. The highest BCUT2D eigenvalue weighted by Crippen LogP contribution is 2.31. The van der Waals surface area contributed by atoms with Gasteiger partial charge in [0, 0.05) is 37.7 Å². The molecule has 0 aromatic heterocycles. The van der Waals surface area contributed by atoms with Crippen LogP contribution in [0.15, 0.2) is 42.5 Å². The van der Waals surface area contributed by atoms with E-state index in [9.17, 15) is 9.59 Å². The van der Waals surface area contributed by atoms with Gasteiger partial charge < -0.3 is 4.74 Å². The van der Waals surface area contributed by atoms with Crippen molar-refractivity contribution >= 4 is 52.3 Å². The second-order valence-electron chi connectivity index (χ2n) is 7.57. The Morgan fingerprint density at radius 2 is 1.61 bits per heavy atom. The van der Waals surface area contributed by atoms with Crippen molar-refractivity contribution in [3.05, 3.63) is 57.5 Å². The standard InChI is InChI=1S/C22H22Cl3N3O3/c23-15-1-4-17(5-2-15)31-12-11-26-7-9-27(10-8-26)20-14-21(29)28(22(20)30)16-3-6-18(24)19(25)13-16/h1-6,13,20H,7-12,14H2. The van der Waals surface area contributed by atoms with Gasteiger partial charge in [0.15, 0.2) is 0 Å². The van der Waals surface area contributed by atoms with Gasteiger partial charge in [-0.1, -0.05) is 34.8 Å². The van der Waals surface area contributed by atoms with Crippen molar-refractivity contribution in [1.29, 1.82) is 0 Å². The van der Waals surface area contributed by atoms with Crippen LogP contribution in [0.4, 0.5) is 5.69 Å². The molecule has 0 spiro atoms. The third-order valence-corrected chi connectivity index (χ3v) is 6.61. The van der Waals surface area contributed by atoms with E-state index in [1.54, 1.807) is 30.3 Å². The average molecular weight is 483 g/mol. The van der Waals surface area contributed by atoms with Crippen LogP contribution in [0.1, 0.15) is 6.42 Å². The third-order valence-electron chi connectivity index (χ3n) is 5.62. The lowest BCUT2D eigenvalue weighted by Crippen LogP contribution is -2.53. The number of rotatable bonds is 6. The molecule has 2 aromatic rings. The van der Waals surface area contributed by atoms with Gasteiger partial charge in [0.2, 0.25) is 5.91 Å². The van der Waals surface area contributed by atoms with Gasteiger partial charge in [-0.15, -0.1) is 0 Å². The highest BCUT2D eigenvalue weighted by atomic mass is 35.5. The number of piperazine rings is 1. The fourth-order valence-electron chi connectivity index (χ4n) is 3.92. The zero-order chi connectivity index (χ0) is 22.0. The van der Waals surface area contributed by atoms with E-state index in [-0.39, 0.29) is 18.2 Å². The predicted octanol–water partition coefficient (Wildman–Crippen LogP) is 3.98. The fraction of sp³-hybridized carbons (Fsp3) is 0.364. The molecule has 6 nitrogen and oxygen atoms in total. The van der Waals surface area contributed by atoms with Crippen LogP contribution in [0.3, 0.4) is 0 Å². The largest absolute Gasteiger partial charge is 0.492 e. The Hall–Kier alpha value is -1.83. The molecule has 2 saturated heterocycles. The minimum atomic E-state index is -0.436. The van der Waals surface area contributed by atoms with E-state index in [2.05, 4.69) is 9.80 Å². The Labute approximate surface area is 196 Å². The van der Waals surface area contributed by atoms with Crippen molar-refractivity contribution < 1.29 is 14.3 Å². The number of benzene rings is 2. The van der Waals surface area contributed by atoms with Crippen LogP contribution in [0.5, 0.6) is 5.75 Å². The molecule has 0 aliphatic carbocycles. The molecule has 2 fully saturated rings. The smallest absolute Gasteiger partial charge is 0.251 e. The lowest BCUT2D eigenvalue weighted by molar-refractivity contribution is -0.123. The normalized spacial score (nSPS) is 20.5. The van der Waals surface area contributed by atoms with E-state index < -0.39 is 6.04 Å². The van der Waals surface area contributed by atoms with Gasteiger partial charge >= 0.3 is 0 Å². The molecule has 0 saturated carbocycles. The molecule has 9 heteroatoms. The zero-order valence-electron chi connectivity index (χ0n) is 16.8. The van der Waals surface area contributed by atoms with Crippen molar-refractivity contribution in [2.24, 2.45) is 0 Å². The highest BCUT2D eigenvalue weighted by Gasteiger charge is 2.43. The number of hydrogen-bond acceptors (Lipinski definition) is 5. The number of anilines is 1. The summed E-state index contributed by atoms with van der Waals surface area (Å²) in [6.07, 6.45) is 0.179. The minimum Gasteiger partial charge on any atom is -0.492 e. The fourth-order valence-corrected chi connectivity index (χ4v) is 4.34. The second kappa shape index (κ2) is 9.76. The van der Waals surface area contributed by atoms with Crippen LogP contribution in [-0.4, -0.2) is 67.0 Å². The van der Waals surface area contributed by atoms with E-state index in [0.717, 1.165) is 38.5 Å². The first-order valence-electron chi connectivity index (χ1n) is 10.1. The molecule has 2 aliphatic rings. The lowest BCUT2D eigenvalue weighted by Gasteiger charge is -2.36. The first-order chi connectivity index (χ1) is 14.9. The van der Waals surface area contributed by atoms with Crippen LogP contribution in [0.2, 0.25) is 15.1 Å². The van der Waals surface area contributed by atoms with Crippen LogP contribution < -0.4 is 9.64 Å². The van der Waals surface area contributed by atoms with Crippen LogP contribution in [0, 0.1) is 0 Å². The quantitative estimate of drug-likeness (QED) is 0.583. The number of carbonyl (C=O) groups is 2. The number of halogens is 3. The molecule has 31 heavy (non-hydrogen) atoms. The predicted molar refractivity (Wildman–Crippen MR) is 122 cm³/mol. The van der Waals surface area contributed by atoms with Crippen LogP contribution in [0.25, 0.3) is 0 Å². The maximum absolute atomic E-state index is 13.0. The first-order valence-corrected chi connectivity index (χ1v) is 11.2. The average Bonchev–Trinajstić information content (AvgIpc) is 3.06. The molecule has 2 amide bonds. The maximum Gasteiger partial charge on any atom is 0.251 e. The van der Waals surface area contributed by atoms with E-state index >= 15 is 0 Å². The van der Waals surface area contributed by atoms with Crippen molar-refractivity contribution in [3.63, 3.8) is 0 Å². The molecule has 2 aromatic carbocycles. The molecule has 0 bridgehead atoms. The Bertz CT molecular complexity index is 962. The third kappa shape index (κ3) is 5.16. The summed E-state index contributed by atoms with van der Waals surface area (Å²) in [6.45, 7) is 4.44. The minimum absolute atomic E-state index is 0.179. The van der Waals surface area contributed by atoms with Crippen molar-refractivity contribution in [3.8, 4) is 5.75 Å². The van der Waals surface area contributed by atoms with Gasteiger partial charge in [-0.3, -0.25) is 19.4 Å². The topological polar surface area (TPSA) is 53.1 Å².